The molecule has 0 aromatic heterocycles. The van der Waals surface area contributed by atoms with Gasteiger partial charge < -0.3 is 15.7 Å². The Kier molecular flexibility index (Phi) is 4.29. The lowest BCUT2D eigenvalue weighted by molar-refractivity contribution is -0.142. The van der Waals surface area contributed by atoms with E-state index in [0.29, 0.717) is 19.5 Å². The Morgan fingerprint density at radius 3 is 2.56 bits per heavy atom. The summed E-state index contributed by atoms with van der Waals surface area (Å²) in [6.45, 7) is 4.66. The molecule has 1 heterocycles. The van der Waals surface area contributed by atoms with Crippen molar-refractivity contribution in [1.82, 2.24) is 4.90 Å². The number of nitrogens with two attached hydrogens (primary N) is 1. The number of nitrogens with zero attached hydrogens (tertiary/aromatic N) is 1. The summed E-state index contributed by atoms with van der Waals surface area (Å²) in [6, 6.07) is -0.119. The Hall–Kier alpha value is -1.10. The third-order valence-corrected chi connectivity index (χ3v) is 3.24. The van der Waals surface area contributed by atoms with Gasteiger partial charge in [0, 0.05) is 25.6 Å². The highest BCUT2D eigenvalue weighted by molar-refractivity contribution is 5.79. The van der Waals surface area contributed by atoms with E-state index in [1.807, 2.05) is 13.8 Å². The Morgan fingerprint density at radius 1 is 1.50 bits per heavy atom. The van der Waals surface area contributed by atoms with Crippen molar-refractivity contribution in [3.8, 4) is 0 Å². The Bertz CT molecular complexity index is 280. The smallest absolute Gasteiger partial charge is 0.308 e. The molecule has 0 aromatic rings. The normalized spacial score (nSPS) is 26.8. The first-order valence-corrected chi connectivity index (χ1v) is 5.71. The van der Waals surface area contributed by atoms with Gasteiger partial charge in [0.15, 0.2) is 0 Å². The first-order valence-electron chi connectivity index (χ1n) is 5.71. The number of hydrogen-bond acceptors (Lipinski definition) is 3. The molecule has 3 atom stereocenters. The minimum absolute atomic E-state index is 0.0232. The quantitative estimate of drug-likeness (QED) is 0.724. The van der Waals surface area contributed by atoms with Crippen molar-refractivity contribution in [1.29, 1.82) is 0 Å². The van der Waals surface area contributed by atoms with Crippen molar-refractivity contribution >= 4 is 11.9 Å². The lowest BCUT2D eigenvalue weighted by Gasteiger charge is -2.18. The Labute approximate surface area is 95.6 Å². The lowest BCUT2D eigenvalue weighted by Crippen LogP contribution is -2.34. The summed E-state index contributed by atoms with van der Waals surface area (Å²) in [6.07, 6.45) is 1.08. The highest BCUT2D eigenvalue weighted by Gasteiger charge is 2.36. The van der Waals surface area contributed by atoms with Gasteiger partial charge in [-0.25, -0.2) is 0 Å². The molecule has 0 radical (unpaired) electrons. The third-order valence-electron chi connectivity index (χ3n) is 3.24. The van der Waals surface area contributed by atoms with Crippen LogP contribution in [0, 0.1) is 11.8 Å². The maximum Gasteiger partial charge on any atom is 0.308 e. The molecule has 92 valence electrons. The number of amides is 1. The van der Waals surface area contributed by atoms with Crippen LogP contribution in [0.15, 0.2) is 0 Å². The van der Waals surface area contributed by atoms with Crippen molar-refractivity contribution in [3.05, 3.63) is 0 Å². The van der Waals surface area contributed by atoms with Gasteiger partial charge in [0.25, 0.3) is 0 Å². The number of carboxylic acid groups (broad SMARTS) is 1. The van der Waals surface area contributed by atoms with E-state index in [9.17, 15) is 9.59 Å². The van der Waals surface area contributed by atoms with Crippen LogP contribution in [0.1, 0.15) is 26.7 Å². The monoisotopic (exact) mass is 228 g/mol. The molecule has 16 heavy (non-hydrogen) atoms. The summed E-state index contributed by atoms with van der Waals surface area (Å²) in [5.41, 5.74) is 5.71. The lowest BCUT2D eigenvalue weighted by atomic mass is 9.99. The molecule has 0 aliphatic carbocycles. The van der Waals surface area contributed by atoms with Gasteiger partial charge in [0.2, 0.25) is 5.91 Å². The topological polar surface area (TPSA) is 83.6 Å². The van der Waals surface area contributed by atoms with E-state index in [0.717, 1.165) is 6.42 Å². The molecular formula is C11H20N2O3. The second-order valence-corrected chi connectivity index (χ2v) is 4.59. The Balaban J connectivity index is 2.51. The molecule has 1 rings (SSSR count). The van der Waals surface area contributed by atoms with E-state index < -0.39 is 11.9 Å². The van der Waals surface area contributed by atoms with Crippen molar-refractivity contribution in [2.75, 3.05) is 13.1 Å². The van der Waals surface area contributed by atoms with Crippen LogP contribution < -0.4 is 5.73 Å². The third kappa shape index (κ3) is 2.95. The van der Waals surface area contributed by atoms with Gasteiger partial charge in [0.05, 0.1) is 5.92 Å². The van der Waals surface area contributed by atoms with Gasteiger partial charge >= 0.3 is 5.97 Å². The van der Waals surface area contributed by atoms with Gasteiger partial charge in [-0.15, -0.1) is 0 Å². The van der Waals surface area contributed by atoms with Crippen LogP contribution in [-0.4, -0.2) is 41.0 Å². The fourth-order valence-electron chi connectivity index (χ4n) is 1.99. The predicted molar refractivity (Wildman–Crippen MR) is 59.8 cm³/mol. The minimum atomic E-state index is -0.817. The van der Waals surface area contributed by atoms with Crippen molar-refractivity contribution < 1.29 is 14.7 Å². The van der Waals surface area contributed by atoms with E-state index in [1.54, 1.807) is 4.90 Å². The molecule has 0 spiro atoms. The Morgan fingerprint density at radius 2 is 2.12 bits per heavy atom. The predicted octanol–water partition coefficient (Wildman–Crippen LogP) is 0.293. The fourth-order valence-corrected chi connectivity index (χ4v) is 1.99. The van der Waals surface area contributed by atoms with E-state index in [4.69, 9.17) is 10.8 Å². The minimum Gasteiger partial charge on any atom is -0.481 e. The van der Waals surface area contributed by atoms with Crippen LogP contribution in [-0.2, 0) is 9.59 Å². The number of carbonyl (C=O) groups excluding carboxylic acids is 1. The molecule has 1 fully saturated rings. The highest BCUT2D eigenvalue weighted by atomic mass is 16.4. The van der Waals surface area contributed by atoms with E-state index in [2.05, 4.69) is 0 Å². The van der Waals surface area contributed by atoms with E-state index in [1.165, 1.54) is 0 Å². The molecule has 3 N–H and O–H groups in total. The van der Waals surface area contributed by atoms with Gasteiger partial charge in [0.1, 0.15) is 0 Å². The summed E-state index contributed by atoms with van der Waals surface area (Å²) in [5, 5.41) is 8.95. The van der Waals surface area contributed by atoms with Crippen molar-refractivity contribution in [2.45, 2.75) is 32.7 Å². The zero-order valence-corrected chi connectivity index (χ0v) is 9.85. The van der Waals surface area contributed by atoms with Gasteiger partial charge in [-0.3, -0.25) is 9.59 Å². The summed E-state index contributed by atoms with van der Waals surface area (Å²) in [4.78, 5) is 24.3. The maximum absolute atomic E-state index is 11.8. The summed E-state index contributed by atoms with van der Waals surface area (Å²) in [7, 11) is 0. The molecular weight excluding hydrogens is 208 g/mol. The SMILES string of the molecule is CCC(N)CC(=O)N1CC(C)C(C(=O)O)C1. The zero-order chi connectivity index (χ0) is 12.3. The standard InChI is InChI=1S/C11H20N2O3/c1-3-8(12)4-10(14)13-5-7(2)9(6-13)11(15)16/h7-9H,3-6,12H2,1-2H3,(H,15,16). The molecule has 0 saturated carbocycles. The zero-order valence-electron chi connectivity index (χ0n) is 9.85. The number of likely N-dealkylation sites (tertiary alicyclic amines) is 1. The van der Waals surface area contributed by atoms with E-state index >= 15 is 0 Å². The second-order valence-electron chi connectivity index (χ2n) is 4.59. The molecule has 5 nitrogen and oxygen atoms in total. The summed E-state index contributed by atoms with van der Waals surface area (Å²) in [5.74, 6) is -1.24. The first kappa shape index (κ1) is 13.0. The highest BCUT2D eigenvalue weighted by Crippen LogP contribution is 2.23. The summed E-state index contributed by atoms with van der Waals surface area (Å²) < 4.78 is 0. The van der Waals surface area contributed by atoms with Gasteiger partial charge in [-0.05, 0) is 12.3 Å². The second kappa shape index (κ2) is 5.30. The number of aliphatic carboxylic acids is 1. The van der Waals surface area contributed by atoms with E-state index in [-0.39, 0.29) is 17.9 Å². The fraction of sp³-hybridized carbons (Fsp3) is 0.818. The molecule has 1 amide bonds. The molecule has 1 aliphatic rings. The molecule has 0 aromatic carbocycles. The van der Waals surface area contributed by atoms with Gasteiger partial charge in [-0.2, -0.15) is 0 Å². The van der Waals surface area contributed by atoms with Gasteiger partial charge in [-0.1, -0.05) is 13.8 Å². The molecule has 1 aliphatic heterocycles. The summed E-state index contributed by atoms with van der Waals surface area (Å²) >= 11 is 0. The van der Waals surface area contributed by atoms with Crippen LogP contribution in [0.5, 0.6) is 0 Å². The average molecular weight is 228 g/mol. The number of carboxylic acids is 1. The van der Waals surface area contributed by atoms with Crippen molar-refractivity contribution in [3.63, 3.8) is 0 Å². The van der Waals surface area contributed by atoms with Crippen LogP contribution in [0.2, 0.25) is 0 Å². The van der Waals surface area contributed by atoms with Crippen LogP contribution >= 0.6 is 0 Å². The van der Waals surface area contributed by atoms with Crippen LogP contribution in [0.3, 0.4) is 0 Å². The number of hydrogen-bond donors (Lipinski definition) is 2. The average Bonchev–Trinajstić information content (AvgIpc) is 2.60. The molecule has 1 saturated heterocycles. The largest absolute Gasteiger partial charge is 0.481 e. The maximum atomic E-state index is 11.8. The number of carbonyl (C=O) groups is 2. The number of rotatable bonds is 4. The van der Waals surface area contributed by atoms with Crippen molar-refractivity contribution in [2.24, 2.45) is 17.6 Å². The molecule has 0 bridgehead atoms. The molecule has 3 unspecified atom stereocenters. The van der Waals surface area contributed by atoms with Crippen LogP contribution in [0.25, 0.3) is 0 Å². The van der Waals surface area contributed by atoms with Crippen LogP contribution in [0.4, 0.5) is 0 Å². The molecule has 5 heteroatoms. The first-order chi connectivity index (χ1) is 7.45.